The normalized spacial score (nSPS) is 10.8. The largest absolute Gasteiger partial charge is 0.382 e. The zero-order valence-corrected chi connectivity index (χ0v) is 13.5. The number of halogens is 1. The van der Waals surface area contributed by atoms with Gasteiger partial charge in [-0.2, -0.15) is 4.37 Å². The van der Waals surface area contributed by atoms with Gasteiger partial charge in [0.1, 0.15) is 10.6 Å². The maximum absolute atomic E-state index is 12.1. The second-order valence-corrected chi connectivity index (χ2v) is 7.03. The molecule has 2 aromatic heterocycles. The van der Waals surface area contributed by atoms with Crippen LogP contribution in [0, 0.1) is 0 Å². The minimum Gasteiger partial charge on any atom is -0.382 e. The van der Waals surface area contributed by atoms with Gasteiger partial charge in [-0.05, 0) is 37.5 Å². The summed E-state index contributed by atoms with van der Waals surface area (Å²) in [6.07, 6.45) is 0. The number of anilines is 2. The highest BCUT2D eigenvalue weighted by Crippen LogP contribution is 2.28. The van der Waals surface area contributed by atoms with Crippen LogP contribution in [0.5, 0.6) is 0 Å². The van der Waals surface area contributed by atoms with E-state index in [4.69, 9.17) is 17.3 Å². The Morgan fingerprint density at radius 3 is 2.85 bits per heavy atom. The third-order valence-electron chi connectivity index (χ3n) is 2.42. The van der Waals surface area contributed by atoms with Gasteiger partial charge in [-0.15, -0.1) is 11.3 Å². The van der Waals surface area contributed by atoms with E-state index in [1.165, 1.54) is 22.9 Å². The first-order chi connectivity index (χ1) is 9.47. The molecule has 0 bridgehead atoms. The van der Waals surface area contributed by atoms with Crippen molar-refractivity contribution in [1.29, 1.82) is 0 Å². The highest BCUT2D eigenvalue weighted by Gasteiger charge is 2.19. The molecule has 0 atom stereocenters. The minimum atomic E-state index is -0.210. The molecule has 1 amide bonds. The van der Waals surface area contributed by atoms with Gasteiger partial charge in [0.15, 0.2) is 5.82 Å². The lowest BCUT2D eigenvalue weighted by atomic mass is 10.2. The number of aromatic nitrogens is 1. The number of rotatable bonds is 5. The molecule has 0 unspecified atom stereocenters. The monoisotopic (exact) mass is 330 g/mol. The smallest absolute Gasteiger partial charge is 0.258 e. The van der Waals surface area contributed by atoms with Crippen LogP contribution in [0.4, 0.5) is 10.8 Å². The molecule has 0 fully saturated rings. The van der Waals surface area contributed by atoms with Gasteiger partial charge in [-0.1, -0.05) is 11.6 Å². The van der Waals surface area contributed by atoms with Crippen LogP contribution in [0.15, 0.2) is 12.1 Å². The highest BCUT2D eigenvalue weighted by atomic mass is 35.5. The molecule has 4 N–H and O–H groups in total. The van der Waals surface area contributed by atoms with Crippen molar-refractivity contribution >= 4 is 51.2 Å². The fourth-order valence-electron chi connectivity index (χ4n) is 1.59. The highest BCUT2D eigenvalue weighted by molar-refractivity contribution is 7.16. The number of nitrogens with two attached hydrogens (primary N) is 1. The van der Waals surface area contributed by atoms with Crippen LogP contribution in [0.3, 0.4) is 0 Å². The van der Waals surface area contributed by atoms with Crippen LogP contribution in [-0.4, -0.2) is 16.3 Å². The molecule has 0 aliphatic heterocycles. The molecule has 2 aromatic rings. The summed E-state index contributed by atoms with van der Waals surface area (Å²) in [5.74, 6) is 0.0397. The third kappa shape index (κ3) is 3.62. The SMILES string of the molecule is CC(C)NC(=O)c1c(N)nsc1NCc1ccc(Cl)s1. The van der Waals surface area contributed by atoms with E-state index < -0.39 is 0 Å². The van der Waals surface area contributed by atoms with Crippen LogP contribution in [-0.2, 0) is 6.54 Å². The van der Waals surface area contributed by atoms with Gasteiger partial charge in [-0.3, -0.25) is 4.79 Å². The predicted molar refractivity (Wildman–Crippen MR) is 85.8 cm³/mol. The number of carbonyl (C=O) groups excluding carboxylic acids is 1. The van der Waals surface area contributed by atoms with Crippen molar-refractivity contribution < 1.29 is 4.79 Å². The molecule has 0 saturated carbocycles. The lowest BCUT2D eigenvalue weighted by Crippen LogP contribution is -2.30. The van der Waals surface area contributed by atoms with Crippen molar-refractivity contribution in [1.82, 2.24) is 9.69 Å². The van der Waals surface area contributed by atoms with Crippen molar-refractivity contribution in [3.63, 3.8) is 0 Å². The van der Waals surface area contributed by atoms with Gasteiger partial charge in [-0.25, -0.2) is 0 Å². The van der Waals surface area contributed by atoms with Gasteiger partial charge in [0.2, 0.25) is 0 Å². The number of hydrogen-bond donors (Lipinski definition) is 3. The maximum atomic E-state index is 12.1. The standard InChI is InChI=1S/C12H15ClN4OS2/c1-6(2)16-11(18)9-10(14)17-20-12(9)15-5-7-3-4-8(13)19-7/h3-4,6,15H,5H2,1-2H3,(H2,14,17)(H,16,18). The molecular formula is C12H15ClN4OS2. The number of nitrogens with one attached hydrogen (secondary N) is 2. The molecule has 2 rings (SSSR count). The van der Waals surface area contributed by atoms with E-state index in [1.807, 2.05) is 26.0 Å². The molecule has 0 spiro atoms. The average molecular weight is 331 g/mol. The summed E-state index contributed by atoms with van der Waals surface area (Å²) in [6.45, 7) is 4.38. The number of thiophene rings is 1. The first-order valence-electron chi connectivity index (χ1n) is 6.01. The number of nitrogens with zero attached hydrogens (tertiary/aromatic N) is 1. The van der Waals surface area contributed by atoms with E-state index in [9.17, 15) is 4.79 Å². The zero-order valence-electron chi connectivity index (χ0n) is 11.1. The Morgan fingerprint density at radius 1 is 1.50 bits per heavy atom. The van der Waals surface area contributed by atoms with E-state index in [1.54, 1.807) is 0 Å². The third-order valence-corrected chi connectivity index (χ3v) is 4.47. The molecule has 8 heteroatoms. The predicted octanol–water partition coefficient (Wildman–Crippen LogP) is 3.19. The molecular weight excluding hydrogens is 316 g/mol. The second kappa shape index (κ2) is 6.43. The van der Waals surface area contributed by atoms with E-state index >= 15 is 0 Å². The number of hydrogen-bond acceptors (Lipinski definition) is 6. The first kappa shape index (κ1) is 15.1. The van der Waals surface area contributed by atoms with Gasteiger partial charge < -0.3 is 16.4 Å². The summed E-state index contributed by atoms with van der Waals surface area (Å²) < 4.78 is 4.78. The maximum Gasteiger partial charge on any atom is 0.258 e. The van der Waals surface area contributed by atoms with Crippen molar-refractivity contribution in [3.8, 4) is 0 Å². The number of nitrogen functional groups attached to an aromatic ring is 1. The van der Waals surface area contributed by atoms with Crippen molar-refractivity contribution in [2.45, 2.75) is 26.4 Å². The number of carbonyl (C=O) groups is 1. The first-order valence-corrected chi connectivity index (χ1v) is 7.98. The van der Waals surface area contributed by atoms with Crippen LogP contribution >= 0.6 is 34.5 Å². The van der Waals surface area contributed by atoms with Crippen molar-refractivity contribution in [2.24, 2.45) is 0 Å². The molecule has 0 radical (unpaired) electrons. The minimum absolute atomic E-state index is 0.0470. The quantitative estimate of drug-likeness (QED) is 0.786. The Balaban J connectivity index is 2.10. The Bertz CT molecular complexity index is 608. The van der Waals surface area contributed by atoms with Gasteiger partial charge in [0.05, 0.1) is 10.9 Å². The van der Waals surface area contributed by atoms with Crippen LogP contribution in [0.1, 0.15) is 29.1 Å². The number of amides is 1. The molecule has 0 aromatic carbocycles. The van der Waals surface area contributed by atoms with E-state index in [-0.39, 0.29) is 17.8 Å². The average Bonchev–Trinajstić information content (AvgIpc) is 2.92. The van der Waals surface area contributed by atoms with Gasteiger partial charge in [0.25, 0.3) is 5.91 Å². The lowest BCUT2D eigenvalue weighted by molar-refractivity contribution is 0.0945. The summed E-state index contributed by atoms with van der Waals surface area (Å²) in [5.41, 5.74) is 6.18. The van der Waals surface area contributed by atoms with Crippen molar-refractivity contribution in [3.05, 3.63) is 26.9 Å². The molecule has 20 heavy (non-hydrogen) atoms. The van der Waals surface area contributed by atoms with Gasteiger partial charge >= 0.3 is 0 Å². The fourth-order valence-corrected chi connectivity index (χ4v) is 3.32. The zero-order chi connectivity index (χ0) is 14.7. The topological polar surface area (TPSA) is 80.0 Å². The second-order valence-electron chi connectivity index (χ2n) is 4.46. The molecule has 108 valence electrons. The van der Waals surface area contributed by atoms with E-state index in [0.29, 0.717) is 17.1 Å². The Hall–Kier alpha value is -1.31. The molecule has 2 heterocycles. The van der Waals surface area contributed by atoms with Crippen LogP contribution < -0.4 is 16.4 Å². The summed E-state index contributed by atoms with van der Waals surface area (Å²) in [5, 5.41) is 6.67. The van der Waals surface area contributed by atoms with Crippen LogP contribution in [0.2, 0.25) is 4.34 Å². The van der Waals surface area contributed by atoms with Gasteiger partial charge in [0, 0.05) is 10.9 Å². The lowest BCUT2D eigenvalue weighted by Gasteiger charge is -2.09. The molecule has 0 aliphatic rings. The molecule has 0 saturated heterocycles. The van der Waals surface area contributed by atoms with E-state index in [0.717, 1.165) is 9.21 Å². The Morgan fingerprint density at radius 2 is 2.25 bits per heavy atom. The summed E-state index contributed by atoms with van der Waals surface area (Å²) >= 11 is 8.56. The molecule has 0 aliphatic carbocycles. The van der Waals surface area contributed by atoms with E-state index in [2.05, 4.69) is 15.0 Å². The Labute approximate surface area is 130 Å². The van der Waals surface area contributed by atoms with Crippen molar-refractivity contribution in [2.75, 3.05) is 11.1 Å². The summed E-state index contributed by atoms with van der Waals surface area (Å²) in [7, 11) is 0. The van der Waals surface area contributed by atoms with Crippen LogP contribution in [0.25, 0.3) is 0 Å². The fraction of sp³-hybridized carbons (Fsp3) is 0.333. The summed E-state index contributed by atoms with van der Waals surface area (Å²) in [6, 6.07) is 3.83. The molecule has 5 nitrogen and oxygen atoms in total. The Kier molecular flexibility index (Phi) is 4.85. The summed E-state index contributed by atoms with van der Waals surface area (Å²) in [4.78, 5) is 13.2.